The third kappa shape index (κ3) is 2.34. The monoisotopic (exact) mass is 283 g/mol. The van der Waals surface area contributed by atoms with Crippen molar-refractivity contribution in [3.63, 3.8) is 0 Å². The second-order valence-electron chi connectivity index (χ2n) is 4.47. The largest absolute Gasteiger partial charge is 0.508 e. The number of nitro benzene ring substituents is 1. The molecule has 0 bridgehead atoms. The van der Waals surface area contributed by atoms with Gasteiger partial charge in [-0.3, -0.25) is 10.1 Å². The lowest BCUT2D eigenvalue weighted by molar-refractivity contribution is -0.384. The molecule has 3 aromatic rings. The first-order valence-electron chi connectivity index (χ1n) is 6.06. The number of aromatic hydroxyl groups is 1. The summed E-state index contributed by atoms with van der Waals surface area (Å²) in [4.78, 5) is 22.0. The predicted molar refractivity (Wildman–Crippen MR) is 76.2 cm³/mol. The number of rotatable bonds is 2. The van der Waals surface area contributed by atoms with Gasteiger partial charge in [0.25, 0.3) is 5.69 Å². The van der Waals surface area contributed by atoms with E-state index in [9.17, 15) is 20.0 Å². The average molecular weight is 283 g/mol. The standard InChI is InChI=1S/C15H9NO5/c17-11-4-5-12-13(8-15(18)21-14(12)7-11)9-2-1-3-10(6-9)16(19)20/h1-8,17H. The van der Waals surface area contributed by atoms with E-state index in [2.05, 4.69) is 0 Å². The Labute approximate surface area is 118 Å². The van der Waals surface area contributed by atoms with Crippen LogP contribution in [0.5, 0.6) is 5.75 Å². The number of phenols is 1. The Balaban J connectivity index is 2.32. The number of benzene rings is 2. The number of nitro groups is 1. The van der Waals surface area contributed by atoms with E-state index in [1.165, 1.54) is 30.3 Å². The van der Waals surface area contributed by atoms with Gasteiger partial charge in [-0.25, -0.2) is 4.79 Å². The summed E-state index contributed by atoms with van der Waals surface area (Å²) in [6.07, 6.45) is 0. The van der Waals surface area contributed by atoms with Gasteiger partial charge < -0.3 is 9.52 Å². The molecule has 0 saturated carbocycles. The molecular formula is C15H9NO5. The molecule has 0 spiro atoms. The quantitative estimate of drug-likeness (QED) is 0.443. The van der Waals surface area contributed by atoms with E-state index in [1.54, 1.807) is 18.2 Å². The van der Waals surface area contributed by atoms with Crippen molar-refractivity contribution < 1.29 is 14.4 Å². The Kier molecular flexibility index (Phi) is 2.91. The fourth-order valence-electron chi connectivity index (χ4n) is 2.18. The van der Waals surface area contributed by atoms with Crippen LogP contribution < -0.4 is 5.63 Å². The van der Waals surface area contributed by atoms with Crippen molar-refractivity contribution in [2.45, 2.75) is 0 Å². The summed E-state index contributed by atoms with van der Waals surface area (Å²) in [7, 11) is 0. The Hall–Kier alpha value is -3.15. The maximum absolute atomic E-state index is 11.6. The minimum atomic E-state index is -0.588. The summed E-state index contributed by atoms with van der Waals surface area (Å²) in [6, 6.07) is 11.7. The van der Waals surface area contributed by atoms with Crippen molar-refractivity contribution in [1.29, 1.82) is 0 Å². The molecule has 0 unspecified atom stereocenters. The molecule has 1 heterocycles. The minimum Gasteiger partial charge on any atom is -0.508 e. The Morgan fingerprint density at radius 3 is 2.67 bits per heavy atom. The number of phenolic OH excluding ortho intramolecular Hbond substituents is 1. The zero-order valence-corrected chi connectivity index (χ0v) is 10.6. The van der Waals surface area contributed by atoms with E-state index in [1.807, 2.05) is 0 Å². The molecular weight excluding hydrogens is 274 g/mol. The lowest BCUT2D eigenvalue weighted by Gasteiger charge is -2.06. The molecule has 6 nitrogen and oxygen atoms in total. The average Bonchev–Trinajstić information content (AvgIpc) is 2.46. The summed E-state index contributed by atoms with van der Waals surface area (Å²) in [5.74, 6) is -0.0261. The molecule has 0 aliphatic rings. The van der Waals surface area contributed by atoms with Gasteiger partial charge in [-0.1, -0.05) is 12.1 Å². The molecule has 0 fully saturated rings. The highest BCUT2D eigenvalue weighted by Crippen LogP contribution is 2.30. The van der Waals surface area contributed by atoms with Crippen LogP contribution in [0.2, 0.25) is 0 Å². The number of hydrogen-bond donors (Lipinski definition) is 1. The van der Waals surface area contributed by atoms with Crippen molar-refractivity contribution in [2.75, 3.05) is 0 Å². The van der Waals surface area contributed by atoms with Gasteiger partial charge in [-0.15, -0.1) is 0 Å². The number of non-ortho nitro benzene ring substituents is 1. The summed E-state index contributed by atoms with van der Waals surface area (Å²) in [5.41, 5.74) is 0.629. The Bertz CT molecular complexity index is 913. The lowest BCUT2D eigenvalue weighted by atomic mass is 10.0. The number of hydrogen-bond acceptors (Lipinski definition) is 5. The van der Waals surface area contributed by atoms with Gasteiger partial charge in [0.15, 0.2) is 0 Å². The van der Waals surface area contributed by atoms with E-state index >= 15 is 0 Å². The van der Waals surface area contributed by atoms with E-state index in [0.717, 1.165) is 0 Å². The number of nitrogens with zero attached hydrogens (tertiary/aromatic N) is 1. The highest BCUT2D eigenvalue weighted by molar-refractivity contribution is 5.94. The maximum atomic E-state index is 11.6. The summed E-state index contributed by atoms with van der Waals surface area (Å²) in [6.45, 7) is 0. The molecule has 104 valence electrons. The van der Waals surface area contributed by atoms with Crippen molar-refractivity contribution in [3.05, 3.63) is 69.1 Å². The summed E-state index contributed by atoms with van der Waals surface area (Å²) < 4.78 is 5.03. The van der Waals surface area contributed by atoms with Crippen LogP contribution in [0.1, 0.15) is 0 Å². The van der Waals surface area contributed by atoms with Gasteiger partial charge in [-0.05, 0) is 17.7 Å². The van der Waals surface area contributed by atoms with Gasteiger partial charge in [0, 0.05) is 35.2 Å². The molecule has 0 saturated heterocycles. The van der Waals surface area contributed by atoms with Crippen molar-refractivity contribution >= 4 is 16.7 Å². The van der Waals surface area contributed by atoms with Crippen LogP contribution >= 0.6 is 0 Å². The molecule has 6 heteroatoms. The second kappa shape index (κ2) is 4.75. The SMILES string of the molecule is O=c1cc(-c2cccc([N+](=O)[O-])c2)c2ccc(O)cc2o1. The minimum absolute atomic E-state index is 0.0261. The van der Waals surface area contributed by atoms with Crippen molar-refractivity contribution in [3.8, 4) is 16.9 Å². The highest BCUT2D eigenvalue weighted by atomic mass is 16.6. The zero-order valence-electron chi connectivity index (χ0n) is 10.6. The molecule has 21 heavy (non-hydrogen) atoms. The first-order valence-corrected chi connectivity index (χ1v) is 6.06. The van der Waals surface area contributed by atoms with Crippen LogP contribution in [0.4, 0.5) is 5.69 Å². The molecule has 0 aliphatic carbocycles. The molecule has 1 N–H and O–H groups in total. The fraction of sp³-hybridized carbons (Fsp3) is 0. The summed E-state index contributed by atoms with van der Waals surface area (Å²) >= 11 is 0. The zero-order chi connectivity index (χ0) is 15.0. The van der Waals surface area contributed by atoms with Crippen molar-refractivity contribution in [2.24, 2.45) is 0 Å². The van der Waals surface area contributed by atoms with Crippen LogP contribution in [0.3, 0.4) is 0 Å². The smallest absolute Gasteiger partial charge is 0.336 e. The van der Waals surface area contributed by atoms with Gasteiger partial charge in [0.1, 0.15) is 11.3 Å². The number of fused-ring (bicyclic) bond motifs is 1. The van der Waals surface area contributed by atoms with Crippen LogP contribution in [0.25, 0.3) is 22.1 Å². The highest BCUT2D eigenvalue weighted by Gasteiger charge is 2.12. The first kappa shape index (κ1) is 12.9. The Morgan fingerprint density at radius 1 is 1.10 bits per heavy atom. The third-order valence-corrected chi connectivity index (χ3v) is 3.10. The molecule has 0 aliphatic heterocycles. The summed E-state index contributed by atoms with van der Waals surface area (Å²) in [5, 5.41) is 20.9. The topological polar surface area (TPSA) is 93.6 Å². The maximum Gasteiger partial charge on any atom is 0.336 e. The van der Waals surface area contributed by atoms with Gasteiger partial charge in [0.2, 0.25) is 0 Å². The molecule has 3 rings (SSSR count). The normalized spacial score (nSPS) is 10.7. The first-order chi connectivity index (χ1) is 10.0. The van der Waals surface area contributed by atoms with Gasteiger partial charge in [-0.2, -0.15) is 0 Å². The third-order valence-electron chi connectivity index (χ3n) is 3.10. The lowest BCUT2D eigenvalue weighted by Crippen LogP contribution is -1.98. The van der Waals surface area contributed by atoms with E-state index in [-0.39, 0.29) is 17.0 Å². The van der Waals surface area contributed by atoms with Crippen LogP contribution in [0.15, 0.2) is 57.7 Å². The molecule has 0 atom stereocenters. The van der Waals surface area contributed by atoms with E-state index in [4.69, 9.17) is 4.42 Å². The molecule has 1 aromatic heterocycles. The van der Waals surface area contributed by atoms with Crippen LogP contribution in [0, 0.1) is 10.1 Å². The van der Waals surface area contributed by atoms with Crippen LogP contribution in [-0.4, -0.2) is 10.0 Å². The van der Waals surface area contributed by atoms with Gasteiger partial charge in [0.05, 0.1) is 4.92 Å². The van der Waals surface area contributed by atoms with E-state index in [0.29, 0.717) is 16.5 Å². The second-order valence-corrected chi connectivity index (χ2v) is 4.47. The molecule has 0 amide bonds. The Morgan fingerprint density at radius 2 is 1.90 bits per heavy atom. The van der Waals surface area contributed by atoms with E-state index < -0.39 is 10.5 Å². The van der Waals surface area contributed by atoms with Crippen molar-refractivity contribution in [1.82, 2.24) is 0 Å². The van der Waals surface area contributed by atoms with Gasteiger partial charge >= 0.3 is 5.63 Å². The van der Waals surface area contributed by atoms with Crippen LogP contribution in [-0.2, 0) is 0 Å². The fourth-order valence-corrected chi connectivity index (χ4v) is 2.18. The molecule has 0 radical (unpaired) electrons. The predicted octanol–water partition coefficient (Wildman–Crippen LogP) is 3.07. The molecule has 2 aromatic carbocycles.